The van der Waals surface area contributed by atoms with Crippen molar-refractivity contribution in [3.05, 3.63) is 193 Å². The Morgan fingerprint density at radius 3 is 1.54 bits per heavy atom. The summed E-state index contributed by atoms with van der Waals surface area (Å²) in [5.74, 6) is 4.27. The maximum absolute atomic E-state index is 10.8. The maximum atomic E-state index is 10.8. The molecule has 8 heterocycles. The summed E-state index contributed by atoms with van der Waals surface area (Å²) < 4.78 is 15.7. The smallest absolute Gasteiger partial charge is 1.00 e. The van der Waals surface area contributed by atoms with Crippen molar-refractivity contribution in [1.29, 1.82) is 0 Å². The number of rotatable bonds is 11. The van der Waals surface area contributed by atoms with Gasteiger partial charge in [0.25, 0.3) is 6.47 Å². The Morgan fingerprint density at radius 2 is 1.15 bits per heavy atom. The number of halogens is 4. The van der Waals surface area contributed by atoms with Gasteiger partial charge in [-0.15, -0.1) is 56.7 Å². The normalized spacial score (nSPS) is 9.62. The Morgan fingerprint density at radius 1 is 0.684 bits per heavy atom. The first kappa shape index (κ1) is 70.9. The first-order valence-corrected chi connectivity index (χ1v) is 25.7. The largest absolute Gasteiger partial charge is 1.00 e. The number of ether oxygens (including phenoxy) is 2. The number of thiophene rings is 2. The Balaban J connectivity index is 0.000000522. The van der Waals surface area contributed by atoms with Crippen molar-refractivity contribution >= 4 is 100 Å². The second-order valence-electron chi connectivity index (χ2n) is 13.7. The topological polar surface area (TPSA) is 275 Å². The zero-order chi connectivity index (χ0) is 54.8. The number of aromatic amines is 1. The van der Waals surface area contributed by atoms with E-state index in [9.17, 15) is 14.4 Å². The van der Waals surface area contributed by atoms with E-state index in [1.165, 1.54) is 12.7 Å². The van der Waals surface area contributed by atoms with Crippen molar-refractivity contribution in [1.82, 2.24) is 71.7 Å². The van der Waals surface area contributed by atoms with Gasteiger partial charge in [-0.25, -0.2) is 44.3 Å². The van der Waals surface area contributed by atoms with Gasteiger partial charge in [0, 0.05) is 65.4 Å². The standard InChI is InChI=1S/C18H15N5OS2.C13H11N3OS2.C5H5ClN2.C5H6N2.C3Cl3N3O3.CH2O3.CH4.2K.H/c1-24-15-6-3-2-5-14(15)23-17(16-7-4-10-25-16)21-22-18(23)26-11-13-8-9-19-12-20-13;1-17-10-6-3-2-5-9(10)16-12(14-15-13(16)18)11-7-4-8-19-11;6-3-5-1-2-7-4-8-5;1-5-2-3-6-4-7-5;4-7-1(10)8(5)3(12)9(6)2(7)11;2-1-4-3;;;;/h2-10,12H,11H2,1H3;2-8H,1H3,(H,15,18);1-2,4H,3H2;2-4H,1H3;;1,3H;1H4;;;/q;;;;;;;2*+1;-1/p-1. The summed E-state index contributed by atoms with van der Waals surface area (Å²) in [6.45, 7) is 1.75. The zero-order valence-electron chi connectivity index (χ0n) is 42.4. The van der Waals surface area contributed by atoms with E-state index < -0.39 is 17.1 Å². The number of carbonyl (C=O) groups excluding carboxylic acids is 1. The minimum Gasteiger partial charge on any atom is -1.00 e. The number of carbonyl (C=O) groups is 1. The second kappa shape index (κ2) is 38.5. The van der Waals surface area contributed by atoms with Crippen LogP contribution in [0.3, 0.4) is 0 Å². The molecule has 8 aromatic heterocycles. The molecule has 0 spiro atoms. The molecule has 0 aliphatic heterocycles. The predicted molar refractivity (Wildman–Crippen MR) is 298 cm³/mol. The molecule has 10 aromatic rings. The molecule has 33 heteroatoms. The summed E-state index contributed by atoms with van der Waals surface area (Å²) in [6, 6.07) is 29.2. The summed E-state index contributed by atoms with van der Waals surface area (Å²) in [7, 11) is 3.31. The molecule has 404 valence electrons. The van der Waals surface area contributed by atoms with E-state index in [0.29, 0.717) is 16.4 Å². The van der Waals surface area contributed by atoms with Crippen LogP contribution in [0.15, 0.2) is 159 Å². The molecule has 0 unspecified atom stereocenters. The van der Waals surface area contributed by atoms with Crippen LogP contribution in [-0.4, -0.2) is 92.4 Å². The first-order chi connectivity index (χ1) is 36.9. The predicted octanol–water partition coefficient (Wildman–Crippen LogP) is 2.12. The van der Waals surface area contributed by atoms with E-state index in [1.807, 2.05) is 112 Å². The molecule has 0 bridgehead atoms. The van der Waals surface area contributed by atoms with E-state index in [-0.39, 0.29) is 130 Å². The Kier molecular flexibility index (Phi) is 34.6. The van der Waals surface area contributed by atoms with Crippen molar-refractivity contribution in [2.45, 2.75) is 31.1 Å². The van der Waals surface area contributed by atoms with Crippen LogP contribution in [0, 0.1) is 11.7 Å². The Bertz CT molecular complexity index is 3490. The molecule has 0 saturated carbocycles. The number of H-pyrrole nitrogens is 1. The van der Waals surface area contributed by atoms with Crippen molar-refractivity contribution in [2.75, 3.05) is 14.2 Å². The molecule has 0 fully saturated rings. The third kappa shape index (κ3) is 21.3. The maximum Gasteiger partial charge on any atom is 1.00 e. The zero-order valence-corrected chi connectivity index (χ0v) is 54.0. The van der Waals surface area contributed by atoms with Crippen LogP contribution in [0.5, 0.6) is 11.5 Å². The van der Waals surface area contributed by atoms with Gasteiger partial charge in [0.2, 0.25) is 0 Å². The molecule has 2 aromatic carbocycles. The van der Waals surface area contributed by atoms with E-state index in [1.54, 1.807) is 79.6 Å². The number of aryl methyl sites for hydroxylation is 1. The average Bonchev–Trinajstić information content (AvgIpc) is 4.34. The second-order valence-corrected chi connectivity index (χ2v) is 18.2. The third-order valence-corrected chi connectivity index (χ3v) is 13.1. The molecule has 0 saturated heterocycles. The molecule has 23 nitrogen and oxygen atoms in total. The van der Waals surface area contributed by atoms with Gasteiger partial charge in [-0.05, 0) is 84.5 Å². The quantitative estimate of drug-likeness (QED) is 0.0369. The summed E-state index contributed by atoms with van der Waals surface area (Å²) in [4.78, 5) is 69.0. The summed E-state index contributed by atoms with van der Waals surface area (Å²) >= 11 is 30.9. The molecule has 0 radical (unpaired) electrons. The molecule has 1 N–H and O–H groups in total. The fraction of sp³-hybridized carbons (Fsp3) is 0.130. The van der Waals surface area contributed by atoms with Crippen LogP contribution in [-0.2, 0) is 21.3 Å². The van der Waals surface area contributed by atoms with Crippen LogP contribution in [0.2, 0.25) is 0 Å². The molecule has 0 atom stereocenters. The van der Waals surface area contributed by atoms with Gasteiger partial charge < -0.3 is 21.0 Å². The van der Waals surface area contributed by atoms with Crippen molar-refractivity contribution in [3.63, 3.8) is 0 Å². The molecule has 0 aliphatic rings. The van der Waals surface area contributed by atoms with Crippen molar-refractivity contribution in [3.8, 4) is 44.3 Å². The number of hydrogen-bond acceptors (Lipinski definition) is 21. The number of para-hydroxylation sites is 4. The van der Waals surface area contributed by atoms with Crippen LogP contribution < -0.4 is 135 Å². The average molecular weight is 1280 g/mol. The fourth-order valence-corrected chi connectivity index (χ4v) is 8.86. The fourth-order valence-electron chi connectivity index (χ4n) is 5.64. The number of methoxy groups -OCH3 is 2. The number of aromatic nitrogens is 15. The van der Waals surface area contributed by atoms with E-state index in [4.69, 9.17) is 78.7 Å². The minimum atomic E-state index is -1.16. The van der Waals surface area contributed by atoms with Gasteiger partial charge in [-0.1, -0.05) is 55.6 Å². The van der Waals surface area contributed by atoms with Crippen molar-refractivity contribution < 1.29 is 129 Å². The number of thioether (sulfide) groups is 1. The van der Waals surface area contributed by atoms with Crippen LogP contribution in [0.1, 0.15) is 25.9 Å². The minimum absolute atomic E-state index is 0. The molecular weight excluding hydrogens is 1240 g/mol. The summed E-state index contributed by atoms with van der Waals surface area (Å²) in [6.07, 6.45) is 9.71. The molecule has 0 aliphatic carbocycles. The molecule has 79 heavy (non-hydrogen) atoms. The van der Waals surface area contributed by atoms with Gasteiger partial charge >= 0.3 is 120 Å². The van der Waals surface area contributed by atoms with Gasteiger partial charge in [-0.3, -0.25) is 19.0 Å². The molecule has 10 rings (SSSR count). The summed E-state index contributed by atoms with van der Waals surface area (Å²) in [5, 5.41) is 29.3. The van der Waals surface area contributed by atoms with Gasteiger partial charge in [0.05, 0.1) is 52.6 Å². The van der Waals surface area contributed by atoms with Crippen LogP contribution >= 0.6 is 93.6 Å². The number of alkyl halides is 1. The third-order valence-electron chi connectivity index (χ3n) is 8.99. The Hall–Kier alpha value is -4.20. The first-order valence-electron chi connectivity index (χ1n) is 21.0. The Labute approximate surface area is 574 Å². The number of nitrogens with one attached hydrogen (secondary N) is 1. The van der Waals surface area contributed by atoms with Gasteiger partial charge in [0.15, 0.2) is 21.6 Å². The van der Waals surface area contributed by atoms with Crippen LogP contribution in [0.4, 0.5) is 0 Å². The van der Waals surface area contributed by atoms with Crippen molar-refractivity contribution in [2.24, 2.45) is 0 Å². The molecule has 0 amide bonds. The van der Waals surface area contributed by atoms with Gasteiger partial charge in [-0.2, -0.15) is 5.10 Å². The number of benzene rings is 2. The number of nitrogens with zero attached hydrogens (tertiary/aromatic N) is 14. The van der Waals surface area contributed by atoms with Gasteiger partial charge in [0.1, 0.15) is 30.5 Å². The van der Waals surface area contributed by atoms with E-state index >= 15 is 0 Å². The summed E-state index contributed by atoms with van der Waals surface area (Å²) in [5.41, 5.74) is 1.12. The van der Waals surface area contributed by atoms with E-state index in [0.717, 1.165) is 66.5 Å². The molecular formula is C46H43Cl4K2N15O8S4. The van der Waals surface area contributed by atoms with Crippen LogP contribution in [0.25, 0.3) is 32.8 Å². The number of hydrogen-bond donors (Lipinski definition) is 1. The van der Waals surface area contributed by atoms with E-state index in [2.05, 4.69) is 55.2 Å². The monoisotopic (exact) mass is 1280 g/mol. The SMILES string of the molecule is C.COc1ccccc1-n1c(-c2cccs2)n[nH]c1=S.COc1ccccc1-n1c(SCc2ccncn2)nnc1-c1cccs1.Cc1ccncn1.ClCc1ccncn1.O=CO[O-].O=c1n(Cl)c(=O)n(Cl)c(=O)n1Cl.[H-].[K+].[K+].